The van der Waals surface area contributed by atoms with Gasteiger partial charge in [-0.3, -0.25) is 4.79 Å². The maximum atomic E-state index is 12.3. The van der Waals surface area contributed by atoms with E-state index in [0.29, 0.717) is 11.3 Å². The second kappa shape index (κ2) is 5.01. The van der Waals surface area contributed by atoms with Gasteiger partial charge in [-0.1, -0.05) is 29.3 Å². The molecule has 3 nitrogen and oxygen atoms in total. The lowest BCUT2D eigenvalue weighted by atomic mass is 10.4. The van der Waals surface area contributed by atoms with Gasteiger partial charge in [0.05, 0.1) is 9.77 Å². The lowest BCUT2D eigenvalue weighted by Gasteiger charge is -2.03. The second-order valence-electron chi connectivity index (χ2n) is 3.37. The SMILES string of the molecule is O=Cc1cc(S(=O)(=O)c2cccc(Cl)c2)c(Cl)s1. The van der Waals surface area contributed by atoms with E-state index in [1.54, 1.807) is 6.07 Å². The van der Waals surface area contributed by atoms with Crippen molar-refractivity contribution >= 4 is 50.7 Å². The van der Waals surface area contributed by atoms with Crippen LogP contribution in [0.4, 0.5) is 0 Å². The molecule has 1 aromatic carbocycles. The van der Waals surface area contributed by atoms with E-state index in [-0.39, 0.29) is 19.0 Å². The summed E-state index contributed by atoms with van der Waals surface area (Å²) in [5, 5.41) is 0.318. The first-order valence-corrected chi connectivity index (χ1v) is 7.76. The first-order valence-electron chi connectivity index (χ1n) is 4.70. The Morgan fingerprint density at radius 1 is 1.17 bits per heavy atom. The minimum absolute atomic E-state index is 0.0483. The summed E-state index contributed by atoms with van der Waals surface area (Å²) in [4.78, 5) is 10.9. The summed E-state index contributed by atoms with van der Waals surface area (Å²) in [7, 11) is -3.75. The molecule has 0 fully saturated rings. The highest BCUT2D eigenvalue weighted by Gasteiger charge is 2.23. The van der Waals surface area contributed by atoms with Gasteiger partial charge in [0.2, 0.25) is 9.84 Å². The first-order chi connectivity index (χ1) is 8.45. The van der Waals surface area contributed by atoms with Gasteiger partial charge >= 0.3 is 0 Å². The van der Waals surface area contributed by atoms with Crippen LogP contribution in [0.3, 0.4) is 0 Å². The molecule has 1 heterocycles. The number of hydrogen-bond donors (Lipinski definition) is 0. The van der Waals surface area contributed by atoms with E-state index < -0.39 is 9.84 Å². The molecule has 18 heavy (non-hydrogen) atoms. The second-order valence-corrected chi connectivity index (χ2v) is 7.41. The molecule has 0 atom stereocenters. The summed E-state index contributed by atoms with van der Waals surface area (Å²) < 4.78 is 24.6. The topological polar surface area (TPSA) is 51.2 Å². The van der Waals surface area contributed by atoms with E-state index in [2.05, 4.69) is 0 Å². The molecule has 0 radical (unpaired) electrons. The molecule has 0 aliphatic carbocycles. The van der Waals surface area contributed by atoms with Gasteiger partial charge in [0.1, 0.15) is 9.23 Å². The van der Waals surface area contributed by atoms with Crippen LogP contribution in [-0.2, 0) is 9.84 Å². The maximum Gasteiger partial charge on any atom is 0.208 e. The molecular weight excluding hydrogens is 315 g/mol. The van der Waals surface area contributed by atoms with Crippen LogP contribution >= 0.6 is 34.5 Å². The van der Waals surface area contributed by atoms with Crippen molar-refractivity contribution in [2.45, 2.75) is 9.79 Å². The van der Waals surface area contributed by atoms with Crippen LogP contribution in [0.15, 0.2) is 40.1 Å². The predicted molar refractivity (Wildman–Crippen MR) is 71.6 cm³/mol. The van der Waals surface area contributed by atoms with Crippen molar-refractivity contribution in [3.8, 4) is 0 Å². The highest BCUT2D eigenvalue weighted by molar-refractivity contribution is 7.91. The summed E-state index contributed by atoms with van der Waals surface area (Å²) in [5.41, 5.74) is 0. The number of thiophene rings is 1. The van der Waals surface area contributed by atoms with Crippen molar-refractivity contribution in [1.29, 1.82) is 0 Å². The van der Waals surface area contributed by atoms with Gasteiger partial charge in [0.25, 0.3) is 0 Å². The minimum Gasteiger partial charge on any atom is -0.297 e. The zero-order valence-electron chi connectivity index (χ0n) is 8.76. The van der Waals surface area contributed by atoms with E-state index in [0.717, 1.165) is 11.3 Å². The largest absolute Gasteiger partial charge is 0.297 e. The molecule has 0 saturated heterocycles. The number of rotatable bonds is 3. The van der Waals surface area contributed by atoms with E-state index in [1.165, 1.54) is 24.3 Å². The lowest BCUT2D eigenvalue weighted by molar-refractivity contribution is 0.112. The molecule has 2 aromatic rings. The number of carbonyl (C=O) groups excluding carboxylic acids is 1. The smallest absolute Gasteiger partial charge is 0.208 e. The summed E-state index contributed by atoms with van der Waals surface area (Å²) in [6.07, 6.45) is 0.563. The standard InChI is InChI=1S/C11H6Cl2O3S2/c12-7-2-1-3-9(4-7)18(15,16)10-5-8(6-14)17-11(10)13/h1-6H. The fraction of sp³-hybridized carbons (Fsp3) is 0. The number of sulfone groups is 1. The number of aldehydes is 1. The Balaban J connectivity index is 2.61. The zero-order chi connectivity index (χ0) is 13.3. The van der Waals surface area contributed by atoms with Crippen LogP contribution < -0.4 is 0 Å². The Hall–Kier alpha value is -0.880. The van der Waals surface area contributed by atoms with Crippen LogP contribution in [0.25, 0.3) is 0 Å². The predicted octanol–water partition coefficient (Wildman–Crippen LogP) is 3.70. The fourth-order valence-electron chi connectivity index (χ4n) is 1.37. The molecule has 94 valence electrons. The average Bonchev–Trinajstić information content (AvgIpc) is 2.71. The third kappa shape index (κ3) is 2.44. The number of halogens is 2. The van der Waals surface area contributed by atoms with E-state index >= 15 is 0 Å². The maximum absolute atomic E-state index is 12.3. The van der Waals surface area contributed by atoms with Crippen molar-refractivity contribution in [2.24, 2.45) is 0 Å². The van der Waals surface area contributed by atoms with Gasteiger partial charge < -0.3 is 0 Å². The average molecular weight is 321 g/mol. The molecule has 0 saturated carbocycles. The van der Waals surface area contributed by atoms with Crippen LogP contribution in [0.1, 0.15) is 9.67 Å². The van der Waals surface area contributed by atoms with Gasteiger partial charge in [-0.25, -0.2) is 8.42 Å². The first kappa shape index (κ1) is 13.5. The summed E-state index contributed by atoms with van der Waals surface area (Å²) in [6.45, 7) is 0. The normalized spacial score (nSPS) is 11.4. The molecule has 2 rings (SSSR count). The summed E-state index contributed by atoms with van der Waals surface area (Å²) in [6, 6.07) is 7.14. The van der Waals surface area contributed by atoms with Crippen LogP contribution in [0.2, 0.25) is 9.36 Å². The zero-order valence-corrected chi connectivity index (χ0v) is 11.9. The van der Waals surface area contributed by atoms with Crippen molar-refractivity contribution < 1.29 is 13.2 Å². The third-order valence-corrected chi connectivity index (χ3v) is 5.72. The summed E-state index contributed by atoms with van der Waals surface area (Å²) >= 11 is 12.5. The molecule has 0 N–H and O–H groups in total. The molecule has 0 spiro atoms. The quantitative estimate of drug-likeness (QED) is 0.810. The molecule has 0 bridgehead atoms. The van der Waals surface area contributed by atoms with Gasteiger partial charge in [-0.2, -0.15) is 0 Å². The van der Waals surface area contributed by atoms with Crippen molar-refractivity contribution in [1.82, 2.24) is 0 Å². The minimum atomic E-state index is -3.75. The number of hydrogen-bond acceptors (Lipinski definition) is 4. The monoisotopic (exact) mass is 320 g/mol. The van der Waals surface area contributed by atoms with E-state index in [9.17, 15) is 13.2 Å². The Morgan fingerprint density at radius 3 is 2.44 bits per heavy atom. The van der Waals surface area contributed by atoms with Gasteiger partial charge in [0, 0.05) is 5.02 Å². The third-order valence-electron chi connectivity index (χ3n) is 2.19. The molecule has 1 aromatic heterocycles. The fourth-order valence-corrected chi connectivity index (χ4v) is 4.66. The van der Waals surface area contributed by atoms with Crippen LogP contribution in [-0.4, -0.2) is 14.7 Å². The number of carbonyl (C=O) groups is 1. The molecular formula is C11H6Cl2O3S2. The van der Waals surface area contributed by atoms with E-state index in [4.69, 9.17) is 23.2 Å². The van der Waals surface area contributed by atoms with Crippen molar-refractivity contribution in [2.75, 3.05) is 0 Å². The summed E-state index contributed by atoms with van der Waals surface area (Å²) in [5.74, 6) is 0. The highest BCUT2D eigenvalue weighted by atomic mass is 35.5. The van der Waals surface area contributed by atoms with Gasteiger partial charge in [-0.15, -0.1) is 11.3 Å². The van der Waals surface area contributed by atoms with Crippen LogP contribution in [0, 0.1) is 0 Å². The Labute approximate surface area is 118 Å². The van der Waals surface area contributed by atoms with E-state index in [1.807, 2.05) is 0 Å². The number of benzene rings is 1. The highest BCUT2D eigenvalue weighted by Crippen LogP contribution is 2.34. The molecule has 7 heteroatoms. The van der Waals surface area contributed by atoms with Crippen molar-refractivity contribution in [3.05, 3.63) is 44.6 Å². The van der Waals surface area contributed by atoms with Crippen molar-refractivity contribution in [3.63, 3.8) is 0 Å². The molecule has 0 amide bonds. The molecule has 0 unspecified atom stereocenters. The Kier molecular flexibility index (Phi) is 3.77. The molecule has 0 aliphatic rings. The Morgan fingerprint density at radius 2 is 1.89 bits per heavy atom. The Bertz CT molecular complexity index is 705. The molecule has 0 aliphatic heterocycles. The lowest BCUT2D eigenvalue weighted by Crippen LogP contribution is -2.00. The van der Waals surface area contributed by atoms with Crippen LogP contribution in [0.5, 0.6) is 0 Å². The van der Waals surface area contributed by atoms with Gasteiger partial charge in [0.15, 0.2) is 6.29 Å². The van der Waals surface area contributed by atoms with Gasteiger partial charge in [-0.05, 0) is 24.3 Å².